The van der Waals surface area contributed by atoms with Gasteiger partial charge in [-0.2, -0.15) is 0 Å². The van der Waals surface area contributed by atoms with Crippen molar-refractivity contribution >= 4 is 27.5 Å². The Hall–Kier alpha value is -0.900. The Morgan fingerprint density at radius 3 is 2.62 bits per heavy atom. The summed E-state index contributed by atoms with van der Waals surface area (Å²) in [5.41, 5.74) is 0.483. The first-order valence-corrected chi connectivity index (χ1v) is 6.13. The van der Waals surface area contributed by atoms with Crippen molar-refractivity contribution in [2.45, 2.75) is 26.7 Å². The van der Waals surface area contributed by atoms with Gasteiger partial charge in [0.25, 0.3) is 0 Å². The number of halogens is 2. The lowest BCUT2D eigenvalue weighted by Gasteiger charge is -2.13. The highest BCUT2D eigenvalue weighted by atomic mass is 79.9. The molecule has 2 nitrogen and oxygen atoms in total. The van der Waals surface area contributed by atoms with Crippen LogP contribution in [-0.2, 0) is 4.79 Å². The van der Waals surface area contributed by atoms with Crippen LogP contribution in [0, 0.1) is 11.7 Å². The number of hydrogen-bond donors (Lipinski definition) is 1. The molecule has 0 spiro atoms. The lowest BCUT2D eigenvalue weighted by molar-refractivity contribution is -0.120. The van der Waals surface area contributed by atoms with Crippen LogP contribution in [0.3, 0.4) is 0 Å². The minimum absolute atomic E-state index is 0.0184. The molecule has 16 heavy (non-hydrogen) atoms. The van der Waals surface area contributed by atoms with Crippen molar-refractivity contribution in [1.82, 2.24) is 0 Å². The zero-order valence-corrected chi connectivity index (χ0v) is 11.0. The van der Waals surface area contributed by atoms with Gasteiger partial charge in [0, 0.05) is 10.4 Å². The van der Waals surface area contributed by atoms with Crippen LogP contribution in [0.4, 0.5) is 10.1 Å². The fourth-order valence-corrected chi connectivity index (χ4v) is 1.83. The molecule has 88 valence electrons. The van der Waals surface area contributed by atoms with Gasteiger partial charge >= 0.3 is 0 Å². The van der Waals surface area contributed by atoms with Crippen LogP contribution in [0.25, 0.3) is 0 Å². The van der Waals surface area contributed by atoms with E-state index in [1.807, 2.05) is 13.8 Å². The van der Waals surface area contributed by atoms with E-state index in [0.29, 0.717) is 10.2 Å². The lowest BCUT2D eigenvalue weighted by Crippen LogP contribution is -2.21. The average molecular weight is 288 g/mol. The van der Waals surface area contributed by atoms with E-state index in [-0.39, 0.29) is 17.6 Å². The summed E-state index contributed by atoms with van der Waals surface area (Å²) in [4.78, 5) is 11.8. The summed E-state index contributed by atoms with van der Waals surface area (Å²) in [6.07, 6.45) is 1.57. The summed E-state index contributed by atoms with van der Waals surface area (Å²) in [5, 5.41) is 2.73. The summed E-state index contributed by atoms with van der Waals surface area (Å²) < 4.78 is 13.7. The molecule has 0 aromatic heterocycles. The second kappa shape index (κ2) is 5.99. The predicted octanol–water partition coefficient (Wildman–Crippen LogP) is 3.96. The maximum Gasteiger partial charge on any atom is 0.227 e. The molecule has 0 radical (unpaired) electrons. The van der Waals surface area contributed by atoms with E-state index < -0.39 is 0 Å². The van der Waals surface area contributed by atoms with E-state index in [4.69, 9.17) is 0 Å². The number of nitrogens with one attached hydrogen (secondary N) is 1. The molecule has 1 aromatic carbocycles. The van der Waals surface area contributed by atoms with Gasteiger partial charge in [0.1, 0.15) is 5.82 Å². The summed E-state index contributed by atoms with van der Waals surface area (Å²) in [7, 11) is 0. The third-order valence-electron chi connectivity index (χ3n) is 2.54. The fraction of sp³-hybridized carbons (Fsp3) is 0.417. The number of amides is 1. The maximum atomic E-state index is 13.0. The van der Waals surface area contributed by atoms with E-state index in [9.17, 15) is 9.18 Å². The smallest absolute Gasteiger partial charge is 0.227 e. The monoisotopic (exact) mass is 287 g/mol. The zero-order chi connectivity index (χ0) is 12.1. The first-order chi connectivity index (χ1) is 7.58. The van der Waals surface area contributed by atoms with Gasteiger partial charge in [-0.15, -0.1) is 0 Å². The number of carbonyl (C=O) groups is 1. The molecule has 1 N–H and O–H groups in total. The normalized spacial score (nSPS) is 10.6. The van der Waals surface area contributed by atoms with Gasteiger partial charge in [-0.25, -0.2) is 4.39 Å². The Labute approximate surface area is 103 Å². The molecule has 0 unspecified atom stereocenters. The van der Waals surface area contributed by atoms with Crippen LogP contribution in [0.2, 0.25) is 0 Å². The summed E-state index contributed by atoms with van der Waals surface area (Å²) >= 11 is 3.27. The largest absolute Gasteiger partial charge is 0.325 e. The molecule has 1 rings (SSSR count). The Bertz CT molecular complexity index is 377. The third-order valence-corrected chi connectivity index (χ3v) is 3.23. The highest BCUT2D eigenvalue weighted by Gasteiger charge is 2.15. The van der Waals surface area contributed by atoms with Crippen molar-refractivity contribution in [1.29, 1.82) is 0 Å². The van der Waals surface area contributed by atoms with Crippen LogP contribution in [0.5, 0.6) is 0 Å². The highest BCUT2D eigenvalue weighted by molar-refractivity contribution is 9.10. The minimum atomic E-state index is -0.358. The molecule has 0 atom stereocenters. The topological polar surface area (TPSA) is 29.1 Å². The van der Waals surface area contributed by atoms with Crippen molar-refractivity contribution in [3.8, 4) is 0 Å². The van der Waals surface area contributed by atoms with E-state index in [1.54, 1.807) is 6.07 Å². The second-order valence-electron chi connectivity index (χ2n) is 3.63. The van der Waals surface area contributed by atoms with Crippen LogP contribution < -0.4 is 5.32 Å². The number of carbonyl (C=O) groups excluding carboxylic acids is 1. The van der Waals surface area contributed by atoms with Gasteiger partial charge in [0.2, 0.25) is 5.91 Å². The van der Waals surface area contributed by atoms with Crippen LogP contribution >= 0.6 is 15.9 Å². The van der Waals surface area contributed by atoms with E-state index in [1.165, 1.54) is 12.1 Å². The van der Waals surface area contributed by atoms with Crippen molar-refractivity contribution < 1.29 is 9.18 Å². The highest BCUT2D eigenvalue weighted by Crippen LogP contribution is 2.24. The molecule has 0 heterocycles. The molecule has 0 saturated carbocycles. The van der Waals surface area contributed by atoms with Crippen LogP contribution in [0.1, 0.15) is 26.7 Å². The molecule has 0 bridgehead atoms. The third kappa shape index (κ3) is 3.30. The second-order valence-corrected chi connectivity index (χ2v) is 4.48. The quantitative estimate of drug-likeness (QED) is 0.892. The van der Waals surface area contributed by atoms with Gasteiger partial charge < -0.3 is 5.32 Å². The van der Waals surface area contributed by atoms with Gasteiger partial charge in [-0.1, -0.05) is 13.8 Å². The number of hydrogen-bond acceptors (Lipinski definition) is 1. The summed E-state index contributed by atoms with van der Waals surface area (Å²) in [6.45, 7) is 3.93. The molecule has 0 aliphatic heterocycles. The zero-order valence-electron chi connectivity index (χ0n) is 9.39. The Morgan fingerprint density at radius 2 is 2.06 bits per heavy atom. The molecule has 0 aliphatic carbocycles. The predicted molar refractivity (Wildman–Crippen MR) is 66.8 cm³/mol. The molecule has 1 aromatic rings. The van der Waals surface area contributed by atoms with E-state index in [2.05, 4.69) is 21.2 Å². The van der Waals surface area contributed by atoms with Gasteiger partial charge in [0.05, 0.1) is 5.69 Å². The van der Waals surface area contributed by atoms with E-state index in [0.717, 1.165) is 12.8 Å². The Kier molecular flexibility index (Phi) is 4.93. The number of benzene rings is 1. The Morgan fingerprint density at radius 1 is 1.44 bits per heavy atom. The van der Waals surface area contributed by atoms with Crippen molar-refractivity contribution in [2.75, 3.05) is 5.32 Å². The molecule has 0 aliphatic rings. The van der Waals surface area contributed by atoms with Gasteiger partial charge in [-0.05, 0) is 47.0 Å². The lowest BCUT2D eigenvalue weighted by atomic mass is 10.0. The average Bonchev–Trinajstić information content (AvgIpc) is 2.25. The molecular formula is C12H15BrFNO. The number of rotatable bonds is 4. The van der Waals surface area contributed by atoms with Crippen LogP contribution in [0.15, 0.2) is 22.7 Å². The van der Waals surface area contributed by atoms with Crippen molar-refractivity contribution in [2.24, 2.45) is 5.92 Å². The van der Waals surface area contributed by atoms with Crippen molar-refractivity contribution in [3.05, 3.63) is 28.5 Å². The van der Waals surface area contributed by atoms with Gasteiger partial charge in [-0.3, -0.25) is 4.79 Å². The molecule has 1 amide bonds. The van der Waals surface area contributed by atoms with Gasteiger partial charge in [0.15, 0.2) is 0 Å². The van der Waals surface area contributed by atoms with Crippen molar-refractivity contribution in [3.63, 3.8) is 0 Å². The Balaban J connectivity index is 2.80. The standard InChI is InChI=1S/C12H15BrFNO/c1-3-8(4-2)12(16)15-11-7-9(14)5-6-10(11)13/h5-8H,3-4H2,1-2H3,(H,15,16). The molecule has 0 fully saturated rings. The fourth-order valence-electron chi connectivity index (χ4n) is 1.49. The minimum Gasteiger partial charge on any atom is -0.325 e. The molecular weight excluding hydrogens is 273 g/mol. The summed E-state index contributed by atoms with van der Waals surface area (Å²) in [6, 6.07) is 4.24. The first kappa shape index (κ1) is 13.2. The molecule has 4 heteroatoms. The van der Waals surface area contributed by atoms with Crippen LogP contribution in [-0.4, -0.2) is 5.91 Å². The maximum absolute atomic E-state index is 13.0. The molecule has 0 saturated heterocycles. The summed E-state index contributed by atoms with van der Waals surface area (Å²) in [5.74, 6) is -0.436. The van der Waals surface area contributed by atoms with E-state index >= 15 is 0 Å². The first-order valence-electron chi connectivity index (χ1n) is 5.34. The SMILES string of the molecule is CCC(CC)C(=O)Nc1cc(F)ccc1Br. The number of anilines is 1.